The van der Waals surface area contributed by atoms with Crippen molar-refractivity contribution in [2.24, 2.45) is 46.7 Å². The van der Waals surface area contributed by atoms with Crippen LogP contribution in [0.15, 0.2) is 23.3 Å². The molecule has 9 heteroatoms. The average molecular weight is 532 g/mol. The number of carbonyl (C=O) groups excluding carboxylic acids is 4. The molecular formula is C29H41NO8. The molecule has 4 aliphatic rings. The van der Waals surface area contributed by atoms with Gasteiger partial charge in [-0.2, -0.15) is 0 Å². The third-order valence-corrected chi connectivity index (χ3v) is 9.69. The molecule has 0 saturated heterocycles. The van der Waals surface area contributed by atoms with Crippen LogP contribution in [0, 0.1) is 40.9 Å². The zero-order chi connectivity index (χ0) is 28.5. The molecule has 0 aliphatic heterocycles. The van der Waals surface area contributed by atoms with E-state index in [0.29, 0.717) is 12.0 Å². The van der Waals surface area contributed by atoms with E-state index in [9.17, 15) is 24.3 Å². The Morgan fingerprint density at radius 3 is 2.32 bits per heavy atom. The number of aliphatic hydroxyl groups is 1. The molecule has 0 aromatic heterocycles. The number of Topliss-reactive ketones (excluding diaryl/α,β-unsaturated/α-hetero) is 1. The zero-order valence-electron chi connectivity index (χ0n) is 23.6. The maximum Gasteiger partial charge on any atom is 0.323 e. The van der Waals surface area contributed by atoms with E-state index in [2.05, 4.69) is 0 Å². The van der Waals surface area contributed by atoms with E-state index in [1.807, 2.05) is 39.8 Å². The van der Waals surface area contributed by atoms with Gasteiger partial charge in [0, 0.05) is 48.9 Å². The van der Waals surface area contributed by atoms with Gasteiger partial charge in [0.1, 0.15) is 18.8 Å². The van der Waals surface area contributed by atoms with Crippen molar-refractivity contribution in [2.45, 2.75) is 85.2 Å². The van der Waals surface area contributed by atoms with E-state index in [1.54, 1.807) is 13.8 Å². The molecular weight excluding hydrogens is 490 g/mol. The lowest BCUT2D eigenvalue weighted by Crippen LogP contribution is -2.64. The van der Waals surface area contributed by atoms with E-state index in [4.69, 9.17) is 19.9 Å². The highest BCUT2D eigenvalue weighted by Crippen LogP contribution is 2.77. The van der Waals surface area contributed by atoms with Crippen molar-refractivity contribution >= 4 is 23.7 Å². The molecule has 0 amide bonds. The normalized spacial score (nSPS) is 39.5. The first kappa shape index (κ1) is 28.5. The lowest BCUT2D eigenvalue weighted by molar-refractivity contribution is -0.220. The summed E-state index contributed by atoms with van der Waals surface area (Å²) in [5.41, 5.74) is 4.04. The first-order valence-electron chi connectivity index (χ1n) is 13.4. The maximum atomic E-state index is 13.3. The number of ether oxygens (including phenoxy) is 3. The van der Waals surface area contributed by atoms with Crippen molar-refractivity contribution in [2.75, 3.05) is 6.61 Å². The molecule has 0 bridgehead atoms. The van der Waals surface area contributed by atoms with Gasteiger partial charge in [-0.25, -0.2) is 0 Å². The summed E-state index contributed by atoms with van der Waals surface area (Å²) in [6.45, 7) is 13.7. The number of rotatable bonds is 6. The molecule has 0 radical (unpaired) electrons. The Bertz CT molecular complexity index is 1120. The summed E-state index contributed by atoms with van der Waals surface area (Å²) in [4.78, 5) is 50.5. The molecule has 0 aromatic carbocycles. The fraction of sp³-hybridized carbons (Fsp3) is 0.724. The number of hydrogen-bond acceptors (Lipinski definition) is 9. The highest BCUT2D eigenvalue weighted by atomic mass is 16.6. The molecule has 2 saturated carbocycles. The molecule has 4 aliphatic carbocycles. The van der Waals surface area contributed by atoms with Crippen LogP contribution in [0.3, 0.4) is 0 Å². The van der Waals surface area contributed by atoms with Crippen LogP contribution in [-0.2, 0) is 33.4 Å². The lowest BCUT2D eigenvalue weighted by Gasteiger charge is -2.52. The van der Waals surface area contributed by atoms with Crippen LogP contribution in [0.1, 0.15) is 61.8 Å². The summed E-state index contributed by atoms with van der Waals surface area (Å²) in [6, 6.07) is -0.892. The minimum Gasteiger partial charge on any atom is -0.461 e. The first-order chi connectivity index (χ1) is 17.5. The second kappa shape index (κ2) is 9.30. The molecule has 210 valence electrons. The Morgan fingerprint density at radius 1 is 1.13 bits per heavy atom. The zero-order valence-corrected chi connectivity index (χ0v) is 23.6. The minimum absolute atomic E-state index is 0.00120. The molecule has 4 rings (SSSR count). The van der Waals surface area contributed by atoms with Crippen LogP contribution >= 0.6 is 0 Å². The van der Waals surface area contributed by atoms with Crippen molar-refractivity contribution < 1.29 is 38.5 Å². The Hall–Kier alpha value is -2.52. The van der Waals surface area contributed by atoms with Crippen LogP contribution < -0.4 is 5.73 Å². The lowest BCUT2D eigenvalue weighted by atomic mass is 9.59. The Morgan fingerprint density at radius 2 is 1.76 bits per heavy atom. The first-order valence-corrected chi connectivity index (χ1v) is 13.4. The van der Waals surface area contributed by atoms with Crippen molar-refractivity contribution in [3.63, 3.8) is 0 Å². The van der Waals surface area contributed by atoms with Crippen LogP contribution in [0.25, 0.3) is 0 Å². The van der Waals surface area contributed by atoms with Crippen molar-refractivity contribution in [3.05, 3.63) is 23.3 Å². The quantitative estimate of drug-likeness (QED) is 0.300. The fourth-order valence-corrected chi connectivity index (χ4v) is 7.66. The Balaban J connectivity index is 1.89. The van der Waals surface area contributed by atoms with Crippen molar-refractivity contribution in [3.8, 4) is 0 Å². The second-order valence-corrected chi connectivity index (χ2v) is 12.6. The highest BCUT2D eigenvalue weighted by Gasteiger charge is 2.87. The smallest absolute Gasteiger partial charge is 0.323 e. The van der Waals surface area contributed by atoms with E-state index >= 15 is 0 Å². The van der Waals surface area contributed by atoms with Crippen LogP contribution in [-0.4, -0.2) is 58.8 Å². The van der Waals surface area contributed by atoms with Gasteiger partial charge in [0.05, 0.1) is 5.60 Å². The minimum atomic E-state index is -1.51. The fourth-order valence-electron chi connectivity index (χ4n) is 7.66. The number of fused-ring (bicyclic) bond motifs is 5. The molecule has 0 spiro atoms. The van der Waals surface area contributed by atoms with Gasteiger partial charge < -0.3 is 25.1 Å². The van der Waals surface area contributed by atoms with Gasteiger partial charge in [0.2, 0.25) is 0 Å². The molecule has 9 atom stereocenters. The van der Waals surface area contributed by atoms with E-state index < -0.39 is 76.3 Å². The van der Waals surface area contributed by atoms with Gasteiger partial charge in [-0.05, 0) is 30.4 Å². The Kier molecular flexibility index (Phi) is 6.97. The standard InChI is InChI=1S/C29H41NO8/c1-13(2)22(30)26(34)37-25-15(4)28(35)20-9-14(3)23(33)19(20)10-18(12-36-16(5)31)11-21(28)24-27(7,8)29(24,25)38-17(6)32/h9,11,13,15,19-22,24-25,35H,10,12,30H2,1-8H3/t15-,19-,20-,21+,22-,24-,25-,28+,29-/m1/s1. The summed E-state index contributed by atoms with van der Waals surface area (Å²) >= 11 is 0. The highest BCUT2D eigenvalue weighted by molar-refractivity contribution is 6.00. The van der Waals surface area contributed by atoms with Gasteiger partial charge >= 0.3 is 17.9 Å². The van der Waals surface area contributed by atoms with Crippen LogP contribution in [0.5, 0.6) is 0 Å². The second-order valence-electron chi connectivity index (χ2n) is 12.6. The summed E-state index contributed by atoms with van der Waals surface area (Å²) in [5, 5.41) is 12.7. The van der Waals surface area contributed by atoms with Crippen molar-refractivity contribution in [1.29, 1.82) is 0 Å². The predicted octanol–water partition coefficient (Wildman–Crippen LogP) is 2.49. The average Bonchev–Trinajstić information content (AvgIpc) is 3.20. The van der Waals surface area contributed by atoms with E-state index in [-0.39, 0.29) is 18.3 Å². The third kappa shape index (κ3) is 3.96. The SMILES string of the molecule is CC(=O)OCC1=C[C@H]2[C@@H]3C(C)(C)[C@]3(OC(C)=O)[C@H](OC(=O)[C@H](N)C(C)C)[C@@H](C)[C@]2(O)[C@@H]2C=C(C)C(=O)[C@@H]2C1. The molecule has 0 aromatic rings. The summed E-state index contributed by atoms with van der Waals surface area (Å²) in [6.07, 6.45) is 3.07. The van der Waals surface area contributed by atoms with Crippen LogP contribution in [0.4, 0.5) is 0 Å². The molecule has 2 fully saturated rings. The molecule has 9 nitrogen and oxygen atoms in total. The summed E-state index contributed by atoms with van der Waals surface area (Å²) < 4.78 is 17.4. The van der Waals surface area contributed by atoms with E-state index in [0.717, 1.165) is 5.57 Å². The van der Waals surface area contributed by atoms with Gasteiger partial charge in [0.25, 0.3) is 0 Å². The van der Waals surface area contributed by atoms with Gasteiger partial charge in [0.15, 0.2) is 11.4 Å². The predicted molar refractivity (Wildman–Crippen MR) is 137 cm³/mol. The monoisotopic (exact) mass is 531 g/mol. The van der Waals surface area contributed by atoms with Gasteiger partial charge in [-0.15, -0.1) is 0 Å². The molecule has 3 N–H and O–H groups in total. The molecule has 0 heterocycles. The Labute approximate surface area is 224 Å². The van der Waals surface area contributed by atoms with E-state index in [1.165, 1.54) is 13.8 Å². The summed E-state index contributed by atoms with van der Waals surface area (Å²) in [5.74, 6) is -4.66. The molecule has 38 heavy (non-hydrogen) atoms. The molecule has 0 unspecified atom stereocenters. The topological polar surface area (TPSA) is 142 Å². The number of allylic oxidation sites excluding steroid dienone is 1. The largest absolute Gasteiger partial charge is 0.461 e. The van der Waals surface area contributed by atoms with Crippen LogP contribution in [0.2, 0.25) is 0 Å². The van der Waals surface area contributed by atoms with Gasteiger partial charge in [-0.3, -0.25) is 19.2 Å². The summed E-state index contributed by atoms with van der Waals surface area (Å²) in [7, 11) is 0. The number of ketones is 1. The van der Waals surface area contributed by atoms with Crippen molar-refractivity contribution in [1.82, 2.24) is 0 Å². The number of esters is 3. The third-order valence-electron chi connectivity index (χ3n) is 9.69. The number of nitrogens with two attached hydrogens (primary N) is 1. The number of carbonyl (C=O) groups is 4. The van der Waals surface area contributed by atoms with Gasteiger partial charge in [-0.1, -0.05) is 46.8 Å². The maximum absolute atomic E-state index is 13.3. The number of hydrogen-bond donors (Lipinski definition) is 2.